The number of pyridine rings is 1. The summed E-state index contributed by atoms with van der Waals surface area (Å²) < 4.78 is 0. The maximum Gasteiger partial charge on any atom is 0.0951 e. The van der Waals surface area contributed by atoms with E-state index in [0.717, 1.165) is 28.2 Å². The molecule has 0 unspecified atom stereocenters. The lowest BCUT2D eigenvalue weighted by atomic mass is 9.97. The van der Waals surface area contributed by atoms with E-state index in [4.69, 9.17) is 5.73 Å². The molecule has 18 heavy (non-hydrogen) atoms. The highest BCUT2D eigenvalue weighted by Crippen LogP contribution is 2.42. The third kappa shape index (κ3) is 1.90. The number of fused-ring (bicyclic) bond motifs is 1. The molecule has 1 aliphatic rings. The molecule has 2 aromatic rings. The van der Waals surface area contributed by atoms with Gasteiger partial charge in [-0.15, -0.1) is 0 Å². The van der Waals surface area contributed by atoms with Gasteiger partial charge in [-0.25, -0.2) is 0 Å². The van der Waals surface area contributed by atoms with Gasteiger partial charge in [-0.1, -0.05) is 0 Å². The standard InChI is InChI=1S/C15H19N3/c1-15(2,10-5-6-10)18-13-8-7-12(16)14-11(13)4-3-9-17-14/h3-4,7-10,18H,5-6,16H2,1-2H3. The Morgan fingerprint density at radius 2 is 2.06 bits per heavy atom. The normalized spacial score (nSPS) is 15.9. The Morgan fingerprint density at radius 1 is 1.28 bits per heavy atom. The van der Waals surface area contributed by atoms with Gasteiger partial charge < -0.3 is 11.1 Å². The van der Waals surface area contributed by atoms with Crippen LogP contribution < -0.4 is 11.1 Å². The summed E-state index contributed by atoms with van der Waals surface area (Å²) in [6, 6.07) is 8.02. The largest absolute Gasteiger partial charge is 0.397 e. The number of nitrogens with zero attached hydrogens (tertiary/aromatic N) is 1. The average Bonchev–Trinajstić information content (AvgIpc) is 3.17. The maximum atomic E-state index is 5.97. The summed E-state index contributed by atoms with van der Waals surface area (Å²) in [6.07, 6.45) is 4.44. The number of nitrogens with two attached hydrogens (primary N) is 1. The van der Waals surface area contributed by atoms with E-state index in [-0.39, 0.29) is 5.54 Å². The summed E-state index contributed by atoms with van der Waals surface area (Å²) in [5.41, 5.74) is 8.86. The molecule has 0 bridgehead atoms. The fourth-order valence-corrected chi connectivity index (χ4v) is 2.56. The molecule has 0 aliphatic heterocycles. The average molecular weight is 241 g/mol. The second-order valence-corrected chi connectivity index (χ2v) is 5.72. The zero-order valence-corrected chi connectivity index (χ0v) is 10.9. The lowest BCUT2D eigenvalue weighted by Crippen LogP contribution is -2.33. The van der Waals surface area contributed by atoms with Gasteiger partial charge >= 0.3 is 0 Å². The van der Waals surface area contributed by atoms with Crippen LogP contribution in [0.15, 0.2) is 30.5 Å². The molecule has 1 aliphatic carbocycles. The molecule has 1 fully saturated rings. The van der Waals surface area contributed by atoms with Crippen LogP contribution in [0.3, 0.4) is 0 Å². The van der Waals surface area contributed by atoms with Crippen molar-refractivity contribution < 1.29 is 0 Å². The summed E-state index contributed by atoms with van der Waals surface area (Å²) in [5, 5.41) is 4.76. The molecule has 0 atom stereocenters. The first-order chi connectivity index (χ1) is 8.58. The van der Waals surface area contributed by atoms with Crippen molar-refractivity contribution in [2.45, 2.75) is 32.2 Å². The van der Waals surface area contributed by atoms with Gasteiger partial charge in [-0.3, -0.25) is 4.98 Å². The molecule has 1 heterocycles. The summed E-state index contributed by atoms with van der Waals surface area (Å²) in [6.45, 7) is 4.53. The minimum absolute atomic E-state index is 0.138. The van der Waals surface area contributed by atoms with Crippen molar-refractivity contribution in [1.29, 1.82) is 0 Å². The number of aromatic nitrogens is 1. The summed E-state index contributed by atoms with van der Waals surface area (Å²) >= 11 is 0. The van der Waals surface area contributed by atoms with Crippen LogP contribution >= 0.6 is 0 Å². The predicted molar refractivity (Wildman–Crippen MR) is 76.6 cm³/mol. The lowest BCUT2D eigenvalue weighted by Gasteiger charge is -2.28. The Hall–Kier alpha value is -1.77. The molecule has 0 spiro atoms. The van der Waals surface area contributed by atoms with E-state index in [0.29, 0.717) is 0 Å². The molecule has 1 aromatic heterocycles. The Bertz CT molecular complexity index is 585. The zero-order valence-electron chi connectivity index (χ0n) is 10.9. The Kier molecular flexibility index (Phi) is 2.44. The molecule has 3 rings (SSSR count). The van der Waals surface area contributed by atoms with Gasteiger partial charge in [0.25, 0.3) is 0 Å². The number of benzene rings is 1. The number of hydrogen-bond acceptors (Lipinski definition) is 3. The fourth-order valence-electron chi connectivity index (χ4n) is 2.56. The molecule has 1 saturated carbocycles. The topological polar surface area (TPSA) is 50.9 Å². The molecule has 0 saturated heterocycles. The summed E-state index contributed by atoms with van der Waals surface area (Å²) in [5.74, 6) is 0.779. The van der Waals surface area contributed by atoms with Crippen molar-refractivity contribution in [1.82, 2.24) is 4.98 Å². The van der Waals surface area contributed by atoms with E-state index >= 15 is 0 Å². The molecular formula is C15H19N3. The van der Waals surface area contributed by atoms with Gasteiger partial charge in [-0.05, 0) is 56.9 Å². The first-order valence-corrected chi connectivity index (χ1v) is 6.49. The van der Waals surface area contributed by atoms with Gasteiger partial charge in [0.15, 0.2) is 0 Å². The number of rotatable bonds is 3. The van der Waals surface area contributed by atoms with Crippen LogP contribution in [0.2, 0.25) is 0 Å². The van der Waals surface area contributed by atoms with Gasteiger partial charge in [-0.2, -0.15) is 0 Å². The fraction of sp³-hybridized carbons (Fsp3) is 0.400. The first kappa shape index (κ1) is 11.3. The first-order valence-electron chi connectivity index (χ1n) is 6.49. The molecule has 3 N–H and O–H groups in total. The third-order valence-corrected chi connectivity index (χ3v) is 3.86. The molecule has 94 valence electrons. The quantitative estimate of drug-likeness (QED) is 0.809. The highest BCUT2D eigenvalue weighted by molar-refractivity contribution is 5.98. The molecule has 1 aromatic carbocycles. The van der Waals surface area contributed by atoms with Crippen molar-refractivity contribution in [2.24, 2.45) is 5.92 Å². The van der Waals surface area contributed by atoms with Gasteiger partial charge in [0.2, 0.25) is 0 Å². The molecular weight excluding hydrogens is 222 g/mol. The van der Waals surface area contributed by atoms with Crippen molar-refractivity contribution in [2.75, 3.05) is 11.1 Å². The van der Waals surface area contributed by atoms with Crippen molar-refractivity contribution in [3.63, 3.8) is 0 Å². The number of anilines is 2. The predicted octanol–water partition coefficient (Wildman–Crippen LogP) is 3.42. The van der Waals surface area contributed by atoms with Crippen molar-refractivity contribution in [3.8, 4) is 0 Å². The van der Waals surface area contributed by atoms with Crippen LogP contribution in [0.1, 0.15) is 26.7 Å². The summed E-state index contributed by atoms with van der Waals surface area (Å²) in [4.78, 5) is 4.37. The highest BCUT2D eigenvalue weighted by Gasteiger charge is 2.37. The number of hydrogen-bond donors (Lipinski definition) is 2. The second-order valence-electron chi connectivity index (χ2n) is 5.72. The van der Waals surface area contributed by atoms with Gasteiger partial charge in [0.1, 0.15) is 0 Å². The molecule has 3 heteroatoms. The summed E-state index contributed by atoms with van der Waals surface area (Å²) in [7, 11) is 0. The monoisotopic (exact) mass is 241 g/mol. The van der Waals surface area contributed by atoms with Gasteiger partial charge in [0.05, 0.1) is 11.2 Å². The highest BCUT2D eigenvalue weighted by atomic mass is 15.0. The minimum Gasteiger partial charge on any atom is -0.397 e. The van der Waals surface area contributed by atoms with Gasteiger partial charge in [0, 0.05) is 22.8 Å². The van der Waals surface area contributed by atoms with E-state index < -0.39 is 0 Å². The third-order valence-electron chi connectivity index (χ3n) is 3.86. The Labute approximate surface area is 107 Å². The second kappa shape index (κ2) is 3.87. The van der Waals surface area contributed by atoms with E-state index in [1.165, 1.54) is 12.8 Å². The van der Waals surface area contributed by atoms with Crippen LogP contribution in [0.5, 0.6) is 0 Å². The van der Waals surface area contributed by atoms with Crippen LogP contribution in [-0.2, 0) is 0 Å². The van der Waals surface area contributed by atoms with Crippen molar-refractivity contribution >= 4 is 22.3 Å². The molecule has 0 radical (unpaired) electrons. The van der Waals surface area contributed by atoms with Crippen molar-refractivity contribution in [3.05, 3.63) is 30.5 Å². The van der Waals surface area contributed by atoms with Crippen LogP contribution in [0.4, 0.5) is 11.4 Å². The molecule has 0 amide bonds. The van der Waals surface area contributed by atoms with E-state index in [1.807, 2.05) is 12.1 Å². The van der Waals surface area contributed by atoms with Crippen LogP contribution in [0, 0.1) is 5.92 Å². The number of nitrogens with one attached hydrogen (secondary N) is 1. The van der Waals surface area contributed by atoms with Crippen LogP contribution in [0.25, 0.3) is 10.9 Å². The Balaban J connectivity index is 2.04. The van der Waals surface area contributed by atoms with E-state index in [9.17, 15) is 0 Å². The number of nitrogen functional groups attached to an aromatic ring is 1. The lowest BCUT2D eigenvalue weighted by molar-refractivity contribution is 0.495. The van der Waals surface area contributed by atoms with E-state index in [1.54, 1.807) is 6.20 Å². The minimum atomic E-state index is 0.138. The Morgan fingerprint density at radius 3 is 2.78 bits per heavy atom. The van der Waals surface area contributed by atoms with Crippen LogP contribution in [-0.4, -0.2) is 10.5 Å². The SMILES string of the molecule is CC(C)(Nc1ccc(N)c2ncccc12)C1CC1. The zero-order chi connectivity index (χ0) is 12.8. The smallest absolute Gasteiger partial charge is 0.0951 e. The van der Waals surface area contributed by atoms with E-state index in [2.05, 4.69) is 36.3 Å². The maximum absolute atomic E-state index is 5.97. The molecule has 3 nitrogen and oxygen atoms in total.